The van der Waals surface area contributed by atoms with Gasteiger partial charge in [0.2, 0.25) is 0 Å². The molecule has 1 heterocycles. The molecule has 1 fully saturated rings. The van der Waals surface area contributed by atoms with Crippen molar-refractivity contribution < 1.29 is 14.0 Å². The molecule has 0 aromatic rings. The van der Waals surface area contributed by atoms with Crippen LogP contribution in [0.1, 0.15) is 40.0 Å². The first-order valence-electron chi connectivity index (χ1n) is 7.18. The van der Waals surface area contributed by atoms with E-state index in [0.717, 1.165) is 25.4 Å². The van der Waals surface area contributed by atoms with Gasteiger partial charge in [0.05, 0.1) is 19.3 Å². The lowest BCUT2D eigenvalue weighted by Crippen LogP contribution is -2.26. The Balaban J connectivity index is 2.16. The molecule has 17 heavy (non-hydrogen) atoms. The summed E-state index contributed by atoms with van der Waals surface area (Å²) in [6.45, 7) is 8.34. The fraction of sp³-hybridized carbons (Fsp3) is 1.00. The highest BCUT2D eigenvalue weighted by Gasteiger charge is 2.30. The van der Waals surface area contributed by atoms with Crippen molar-refractivity contribution in [3.63, 3.8) is 0 Å². The zero-order chi connectivity index (χ0) is 12.5. The van der Waals surface area contributed by atoms with E-state index in [4.69, 9.17) is 14.0 Å². The van der Waals surface area contributed by atoms with Crippen molar-refractivity contribution in [3.8, 4) is 0 Å². The summed E-state index contributed by atoms with van der Waals surface area (Å²) >= 11 is 0. The van der Waals surface area contributed by atoms with Crippen LogP contribution < -0.4 is 0 Å². The first kappa shape index (κ1) is 15.1. The molecule has 1 rings (SSSR count). The lowest BCUT2D eigenvalue weighted by molar-refractivity contribution is 0.145. The van der Waals surface area contributed by atoms with Gasteiger partial charge in [0, 0.05) is 0 Å². The van der Waals surface area contributed by atoms with Crippen molar-refractivity contribution in [1.82, 2.24) is 0 Å². The summed E-state index contributed by atoms with van der Waals surface area (Å²) in [6, 6.07) is 0. The Morgan fingerprint density at radius 2 is 1.88 bits per heavy atom. The molecule has 1 saturated heterocycles. The molecule has 1 aliphatic heterocycles. The Labute approximate surface area is 107 Å². The molecule has 0 saturated carbocycles. The molecule has 98 valence electrons. The molecule has 0 spiro atoms. The molecule has 0 radical (unpaired) electrons. The molecule has 0 N–H and O–H groups in total. The minimum Gasteiger partial charge on any atom is -0.433 e. The highest BCUT2D eigenvalue weighted by Crippen LogP contribution is 2.15. The maximum absolute atomic E-state index is 5.93. The van der Waals surface area contributed by atoms with Crippen molar-refractivity contribution in [2.75, 3.05) is 13.2 Å². The Hall–Kier alpha value is 0.00987. The molecule has 1 atom stereocenters. The Bertz CT molecular complexity index is 187. The van der Waals surface area contributed by atoms with Crippen LogP contribution in [0.5, 0.6) is 0 Å². The molecule has 0 aromatic heterocycles. The molecule has 3 nitrogen and oxygen atoms in total. The van der Waals surface area contributed by atoms with Crippen molar-refractivity contribution in [2.24, 2.45) is 0 Å². The van der Waals surface area contributed by atoms with E-state index in [1.54, 1.807) is 0 Å². The van der Waals surface area contributed by atoms with Crippen LogP contribution in [0.25, 0.3) is 0 Å². The second-order valence-corrected chi connectivity index (χ2v) is 4.84. The van der Waals surface area contributed by atoms with Crippen LogP contribution in [0, 0.1) is 0 Å². The largest absolute Gasteiger partial charge is 0.457 e. The molecule has 1 aliphatic rings. The smallest absolute Gasteiger partial charge is 0.433 e. The summed E-state index contributed by atoms with van der Waals surface area (Å²) in [7, 11) is 0.00407. The van der Waals surface area contributed by atoms with E-state index < -0.39 is 0 Å². The quantitative estimate of drug-likeness (QED) is 0.579. The summed E-state index contributed by atoms with van der Waals surface area (Å²) in [4.78, 5) is 0. The Morgan fingerprint density at radius 1 is 1.18 bits per heavy atom. The first-order valence-corrected chi connectivity index (χ1v) is 7.18. The lowest BCUT2D eigenvalue weighted by atomic mass is 9.60. The predicted octanol–water partition coefficient (Wildman–Crippen LogP) is 3.13. The fourth-order valence-corrected chi connectivity index (χ4v) is 2.18. The second kappa shape index (κ2) is 9.01. The summed E-state index contributed by atoms with van der Waals surface area (Å²) in [5, 5.41) is 0. The first-order chi connectivity index (χ1) is 8.30. The zero-order valence-electron chi connectivity index (χ0n) is 11.6. The zero-order valence-corrected chi connectivity index (χ0v) is 11.6. The molecule has 0 bridgehead atoms. The molecule has 5 heteroatoms. The van der Waals surface area contributed by atoms with Crippen molar-refractivity contribution in [1.29, 1.82) is 0 Å². The summed E-state index contributed by atoms with van der Waals surface area (Å²) < 4.78 is 17.2. The van der Waals surface area contributed by atoms with Crippen molar-refractivity contribution in [3.05, 3.63) is 0 Å². The van der Waals surface area contributed by atoms with E-state index in [-0.39, 0.29) is 13.2 Å². The van der Waals surface area contributed by atoms with Gasteiger partial charge in [-0.15, -0.1) is 0 Å². The van der Waals surface area contributed by atoms with Gasteiger partial charge in [-0.3, -0.25) is 0 Å². The van der Waals surface area contributed by atoms with Gasteiger partial charge in [0.1, 0.15) is 0 Å². The number of hydrogen-bond acceptors (Lipinski definition) is 3. The summed E-state index contributed by atoms with van der Waals surface area (Å²) in [5.74, 6) is 0. The third-order valence-electron chi connectivity index (χ3n) is 3.08. The number of rotatable bonds is 9. The SMILES string of the molecule is CCCB(CCC)OCC1COB(CCC)O1. The van der Waals surface area contributed by atoms with Crippen LogP contribution in [-0.2, 0) is 14.0 Å². The predicted molar refractivity (Wildman–Crippen MR) is 73.6 cm³/mol. The lowest BCUT2D eigenvalue weighted by Gasteiger charge is -2.16. The Kier molecular flexibility index (Phi) is 7.99. The van der Waals surface area contributed by atoms with E-state index in [9.17, 15) is 0 Å². The van der Waals surface area contributed by atoms with Crippen LogP contribution in [0.15, 0.2) is 0 Å². The normalized spacial score (nSPS) is 19.9. The third kappa shape index (κ3) is 5.94. The molecule has 0 aromatic carbocycles. The highest BCUT2D eigenvalue weighted by atomic mass is 16.7. The van der Waals surface area contributed by atoms with Gasteiger partial charge in [0.15, 0.2) is 0 Å². The van der Waals surface area contributed by atoms with E-state index in [0.29, 0.717) is 20.1 Å². The average molecular weight is 240 g/mol. The van der Waals surface area contributed by atoms with Gasteiger partial charge < -0.3 is 14.0 Å². The van der Waals surface area contributed by atoms with Gasteiger partial charge in [0.25, 0.3) is 6.92 Å². The maximum Gasteiger partial charge on any atom is 0.457 e. The van der Waals surface area contributed by atoms with Crippen molar-refractivity contribution in [2.45, 2.75) is 65.1 Å². The topological polar surface area (TPSA) is 27.7 Å². The monoisotopic (exact) mass is 240 g/mol. The van der Waals surface area contributed by atoms with Crippen molar-refractivity contribution >= 4 is 14.0 Å². The average Bonchev–Trinajstić information content (AvgIpc) is 2.75. The van der Waals surface area contributed by atoms with E-state index in [1.807, 2.05) is 0 Å². The van der Waals surface area contributed by atoms with Crippen LogP contribution in [-0.4, -0.2) is 33.4 Å². The minimum absolute atomic E-state index is 0.00407. The van der Waals surface area contributed by atoms with Crippen LogP contribution >= 0.6 is 0 Å². The third-order valence-corrected chi connectivity index (χ3v) is 3.08. The van der Waals surface area contributed by atoms with Crippen LogP contribution in [0.4, 0.5) is 0 Å². The highest BCUT2D eigenvalue weighted by molar-refractivity contribution is 6.51. The van der Waals surface area contributed by atoms with E-state index in [2.05, 4.69) is 20.8 Å². The molecular formula is C12H26B2O3. The molecule has 0 amide bonds. The Morgan fingerprint density at radius 3 is 2.47 bits per heavy atom. The summed E-state index contributed by atoms with van der Waals surface area (Å²) in [6.07, 6.45) is 6.91. The maximum atomic E-state index is 5.93. The minimum atomic E-state index is 0.00407. The van der Waals surface area contributed by atoms with Crippen LogP contribution in [0.2, 0.25) is 19.0 Å². The van der Waals surface area contributed by atoms with Gasteiger partial charge in [-0.2, -0.15) is 0 Å². The fourth-order valence-electron chi connectivity index (χ4n) is 2.18. The summed E-state index contributed by atoms with van der Waals surface area (Å²) in [5.41, 5.74) is 0. The standard InChI is InChI=1S/C12H26B2O3/c1-4-7-13(8-5-2)15-10-12-11-16-14(17-12)9-6-3/h12H,4-11H2,1-3H3. The van der Waals surface area contributed by atoms with Gasteiger partial charge in [-0.1, -0.05) is 40.0 Å². The molecular weight excluding hydrogens is 214 g/mol. The van der Waals surface area contributed by atoms with E-state index in [1.165, 1.54) is 12.8 Å². The molecule has 1 unspecified atom stereocenters. The van der Waals surface area contributed by atoms with Gasteiger partial charge in [-0.25, -0.2) is 0 Å². The molecule has 0 aliphatic carbocycles. The van der Waals surface area contributed by atoms with E-state index >= 15 is 0 Å². The van der Waals surface area contributed by atoms with Gasteiger partial charge >= 0.3 is 7.12 Å². The van der Waals surface area contributed by atoms with Gasteiger partial charge in [-0.05, 0) is 19.0 Å². The number of hydrogen-bond donors (Lipinski definition) is 0. The second-order valence-electron chi connectivity index (χ2n) is 4.84. The van der Waals surface area contributed by atoms with Crippen LogP contribution in [0.3, 0.4) is 0 Å².